The van der Waals surface area contributed by atoms with Crippen molar-refractivity contribution in [3.05, 3.63) is 41.0 Å². The molecule has 0 aromatic rings. The Bertz CT molecular complexity index is 774. The summed E-state index contributed by atoms with van der Waals surface area (Å²) < 4.78 is 4.22. The Hall–Kier alpha value is 1.07. The van der Waals surface area contributed by atoms with Gasteiger partial charge in [0.2, 0.25) is 0 Å². The zero-order valence-electron chi connectivity index (χ0n) is 21.8. The van der Waals surface area contributed by atoms with Crippen molar-refractivity contribution < 1.29 is 45.7 Å². The minimum atomic E-state index is -1.80. The summed E-state index contributed by atoms with van der Waals surface area (Å²) in [6.07, 6.45) is 17.2. The average Bonchev–Trinajstić information content (AvgIpc) is 3.19. The van der Waals surface area contributed by atoms with Gasteiger partial charge in [-0.1, -0.05) is 0 Å². The molecule has 0 unspecified atom stereocenters. The molecule has 0 saturated heterocycles. The monoisotopic (exact) mass is 601 g/mol. The summed E-state index contributed by atoms with van der Waals surface area (Å²) >= 11 is -1.80. The topological polar surface area (TPSA) is 0 Å². The van der Waals surface area contributed by atoms with E-state index in [1.165, 1.54) is 51.4 Å². The van der Waals surface area contributed by atoms with E-state index in [4.69, 9.17) is 0 Å². The second kappa shape index (κ2) is 11.0. The number of rotatable bonds is 5. The average molecular weight is 604 g/mol. The fourth-order valence-corrected chi connectivity index (χ4v) is 41.0. The molecular formula is C26H45Cl2Si3Zr. The Balaban J connectivity index is 0.00000181. The first kappa shape index (κ1) is 29.3. The van der Waals surface area contributed by atoms with Crippen LogP contribution in [0, 0.1) is 0 Å². The maximum absolute atomic E-state index is 2.87. The Labute approximate surface area is 222 Å². The third-order valence-corrected chi connectivity index (χ3v) is 33.0. The minimum absolute atomic E-state index is 0. The molecule has 2 atom stereocenters. The second-order valence-electron chi connectivity index (χ2n) is 12.9. The van der Waals surface area contributed by atoms with Crippen molar-refractivity contribution in [3.63, 3.8) is 0 Å². The molecule has 0 amide bonds. The molecule has 4 aliphatic carbocycles. The van der Waals surface area contributed by atoms with E-state index in [9.17, 15) is 0 Å². The molecule has 4 rings (SSSR count). The van der Waals surface area contributed by atoms with Gasteiger partial charge in [0, 0.05) is 0 Å². The van der Waals surface area contributed by atoms with E-state index in [0.717, 1.165) is 11.1 Å². The van der Waals surface area contributed by atoms with Crippen LogP contribution in [0.5, 0.6) is 0 Å². The summed E-state index contributed by atoms with van der Waals surface area (Å²) in [5.41, 5.74) is 9.39. The molecule has 0 aromatic heterocycles. The maximum atomic E-state index is 2.87. The molecule has 0 nitrogen and oxygen atoms in total. The van der Waals surface area contributed by atoms with Gasteiger partial charge in [0.25, 0.3) is 0 Å². The maximum Gasteiger partial charge on any atom is -1.00 e. The van der Waals surface area contributed by atoms with Crippen LogP contribution in [0.15, 0.2) is 41.0 Å². The quantitative estimate of drug-likeness (QED) is 0.424. The van der Waals surface area contributed by atoms with Crippen LogP contribution >= 0.6 is 0 Å². The van der Waals surface area contributed by atoms with Gasteiger partial charge in [0.05, 0.1) is 0 Å². The van der Waals surface area contributed by atoms with Crippen molar-refractivity contribution in [2.24, 2.45) is 0 Å². The standard InChI is InChI=1S/2C12H19Si.C2H7Si.2ClH.Zr/c2*1-13(2,3)12-9-8-10-6-4-5-7-11(10)12;1-3-2;;;/h2*8,12H,4-7H2,1-3H3;3H,1-2H3;2*1H;/q;;;;;+2/p-2/t2*12-;;;;/m10..../s1. The van der Waals surface area contributed by atoms with Crippen molar-refractivity contribution >= 4 is 22.1 Å². The molecule has 0 fully saturated rings. The molecular weight excluding hydrogens is 559 g/mol. The van der Waals surface area contributed by atoms with Crippen LogP contribution in [0.1, 0.15) is 51.4 Å². The number of allylic oxidation sites excluding steroid dienone is 8. The van der Waals surface area contributed by atoms with Gasteiger partial charge in [0.15, 0.2) is 0 Å². The summed E-state index contributed by atoms with van der Waals surface area (Å²) in [6, 6.07) is 0. The van der Waals surface area contributed by atoms with E-state index < -0.39 is 43.0 Å². The van der Waals surface area contributed by atoms with Gasteiger partial charge in [-0.05, 0) is 0 Å². The summed E-state index contributed by atoms with van der Waals surface area (Å²) in [4.78, 5) is 0. The van der Waals surface area contributed by atoms with E-state index in [1.54, 1.807) is 0 Å². The van der Waals surface area contributed by atoms with Crippen LogP contribution in [-0.4, -0.2) is 22.1 Å². The Morgan fingerprint density at radius 3 is 1.31 bits per heavy atom. The summed E-state index contributed by atoms with van der Waals surface area (Å²) in [5, 5.41) is 0. The van der Waals surface area contributed by atoms with Crippen LogP contribution in [0.25, 0.3) is 0 Å². The van der Waals surface area contributed by atoms with Crippen molar-refractivity contribution in [1.29, 1.82) is 0 Å². The zero-order valence-corrected chi connectivity index (χ0v) is 28.9. The van der Waals surface area contributed by atoms with Gasteiger partial charge in [-0.25, -0.2) is 0 Å². The molecule has 0 bridgehead atoms. The zero-order chi connectivity index (χ0) is 21.8. The number of halogens is 2. The van der Waals surface area contributed by atoms with Crippen molar-refractivity contribution in [3.8, 4) is 0 Å². The first-order valence-corrected chi connectivity index (χ1v) is 29.5. The largest absolute Gasteiger partial charge is 1.00 e. The molecule has 4 aliphatic rings. The molecule has 6 heteroatoms. The van der Waals surface area contributed by atoms with E-state index in [1.807, 2.05) is 22.3 Å². The second-order valence-corrected chi connectivity index (χ2v) is 42.6. The summed E-state index contributed by atoms with van der Waals surface area (Å²) in [6.45, 7) is 21.6. The van der Waals surface area contributed by atoms with Crippen LogP contribution in [0.2, 0.25) is 63.5 Å². The molecule has 179 valence electrons. The summed E-state index contributed by atoms with van der Waals surface area (Å²) in [5.74, 6) is -0.674. The van der Waals surface area contributed by atoms with E-state index in [-0.39, 0.29) is 24.8 Å². The minimum Gasteiger partial charge on any atom is -1.00 e. The van der Waals surface area contributed by atoms with Crippen LogP contribution in [0.4, 0.5) is 0 Å². The van der Waals surface area contributed by atoms with Crippen LogP contribution in [0.3, 0.4) is 0 Å². The van der Waals surface area contributed by atoms with Gasteiger partial charge >= 0.3 is 199 Å². The van der Waals surface area contributed by atoms with E-state index >= 15 is 0 Å². The van der Waals surface area contributed by atoms with Gasteiger partial charge in [0.1, 0.15) is 0 Å². The van der Waals surface area contributed by atoms with Gasteiger partial charge < -0.3 is 24.8 Å². The van der Waals surface area contributed by atoms with Crippen molar-refractivity contribution in [2.75, 3.05) is 0 Å². The smallest absolute Gasteiger partial charge is 1.00 e. The van der Waals surface area contributed by atoms with Crippen LogP contribution in [-0.2, 0) is 20.9 Å². The normalized spacial score (nSPS) is 25.7. The number of hydrogen-bond acceptors (Lipinski definition) is 0. The summed E-state index contributed by atoms with van der Waals surface area (Å²) in [7, 11) is -2.49. The fourth-order valence-electron chi connectivity index (χ4n) is 7.09. The van der Waals surface area contributed by atoms with E-state index in [2.05, 4.69) is 71.1 Å². The molecule has 0 spiro atoms. The molecule has 32 heavy (non-hydrogen) atoms. The molecule has 0 aromatic carbocycles. The van der Waals surface area contributed by atoms with Gasteiger partial charge in [-0.2, -0.15) is 0 Å². The molecule has 0 saturated carbocycles. The first-order valence-electron chi connectivity index (χ1n) is 12.7. The SMILES string of the molecule is C[SiH](C)[Zr+2]([C]1=CC2=C(CCCC2)[C@@H]1[Si](C)(C)C)[C]1=CC2=C(CCCC2)[C@H]1[Si](C)(C)C.[Cl-].[Cl-]. The van der Waals surface area contributed by atoms with Gasteiger partial charge in [-0.3, -0.25) is 0 Å². The first-order chi connectivity index (χ1) is 14.0. The molecule has 0 aliphatic heterocycles. The van der Waals surface area contributed by atoms with Crippen LogP contribution < -0.4 is 24.8 Å². The predicted molar refractivity (Wildman–Crippen MR) is 140 cm³/mol. The van der Waals surface area contributed by atoms with E-state index in [0.29, 0.717) is 0 Å². The third-order valence-electron chi connectivity index (χ3n) is 8.02. The molecule has 0 heterocycles. The Kier molecular flexibility index (Phi) is 10.1. The van der Waals surface area contributed by atoms with Crippen molar-refractivity contribution in [2.45, 2.75) is 115 Å². The number of hydrogen-bond donors (Lipinski definition) is 0. The Morgan fingerprint density at radius 1 is 0.656 bits per heavy atom. The predicted octanol–water partition coefficient (Wildman–Crippen LogP) is 2.55. The molecule has 0 radical (unpaired) electrons. The molecule has 0 N–H and O–H groups in total. The Morgan fingerprint density at radius 2 is 1.00 bits per heavy atom. The fraction of sp³-hybridized carbons (Fsp3) is 0.692. The third kappa shape index (κ3) is 5.56. The van der Waals surface area contributed by atoms with Crippen molar-refractivity contribution in [1.82, 2.24) is 0 Å². The van der Waals surface area contributed by atoms with Gasteiger partial charge in [-0.15, -0.1) is 0 Å².